The first-order valence-electron chi connectivity index (χ1n) is 10.0. The van der Waals surface area contributed by atoms with Gasteiger partial charge in [-0.2, -0.15) is 0 Å². The van der Waals surface area contributed by atoms with Crippen LogP contribution in [0.4, 0.5) is 0 Å². The number of methoxy groups -OCH3 is 2. The van der Waals surface area contributed by atoms with Gasteiger partial charge < -0.3 is 26.5 Å². The Bertz CT molecular complexity index is 989. The van der Waals surface area contributed by atoms with Crippen LogP contribution in [0.15, 0.2) is 109 Å². The summed E-state index contributed by atoms with van der Waals surface area (Å²) < 4.78 is 11.4. The number of benzene rings is 4. The van der Waals surface area contributed by atoms with Crippen molar-refractivity contribution >= 4 is 23.2 Å². The van der Waals surface area contributed by atoms with Gasteiger partial charge >= 0.3 is 0 Å². The molecule has 0 aliphatic carbocycles. The Morgan fingerprint density at radius 1 is 0.548 bits per heavy atom. The topological polar surface area (TPSA) is 18.5 Å². The molecule has 0 spiro atoms. The fraction of sp³-hybridized carbons (Fsp3) is 0.111. The Labute approximate surface area is 196 Å². The van der Waals surface area contributed by atoms with Gasteiger partial charge in [0.15, 0.2) is 11.5 Å². The molecule has 4 aromatic rings. The molecule has 4 aromatic carbocycles. The lowest BCUT2D eigenvalue weighted by atomic mass is 10.2. The minimum Gasteiger partial charge on any atom is -1.00 e. The van der Waals surface area contributed by atoms with Gasteiger partial charge in [-0.25, -0.2) is 0 Å². The molecule has 0 atom stereocenters. The number of hydrogen-bond donors (Lipinski definition) is 0. The smallest absolute Gasteiger partial charge is 0.167 e. The molecule has 0 heterocycles. The Kier molecular flexibility index (Phi) is 7.90. The van der Waals surface area contributed by atoms with Crippen LogP contribution in [0.3, 0.4) is 0 Å². The summed E-state index contributed by atoms with van der Waals surface area (Å²) in [5, 5.41) is 4.06. The van der Waals surface area contributed by atoms with Crippen LogP contribution >= 0.6 is 7.26 Å². The first-order valence-corrected chi connectivity index (χ1v) is 12.0. The molecule has 0 amide bonds. The van der Waals surface area contributed by atoms with E-state index in [0.717, 1.165) is 23.2 Å². The average Bonchev–Trinajstić information content (AvgIpc) is 2.84. The summed E-state index contributed by atoms with van der Waals surface area (Å²) in [5.74, 6) is 1.58. The van der Waals surface area contributed by atoms with Crippen molar-refractivity contribution in [1.29, 1.82) is 0 Å². The van der Waals surface area contributed by atoms with E-state index in [9.17, 15) is 0 Å². The molecule has 0 aromatic heterocycles. The second-order valence-corrected chi connectivity index (χ2v) is 10.6. The zero-order valence-electron chi connectivity index (χ0n) is 17.7. The molecular formula is C27H26BrO2P. The zero-order valence-corrected chi connectivity index (χ0v) is 20.2. The van der Waals surface area contributed by atoms with Crippen LogP contribution in [0.2, 0.25) is 0 Å². The van der Waals surface area contributed by atoms with Gasteiger partial charge in [0, 0.05) is 5.56 Å². The number of hydrogen-bond acceptors (Lipinski definition) is 2. The molecule has 0 saturated carbocycles. The van der Waals surface area contributed by atoms with E-state index in [0.29, 0.717) is 0 Å². The fourth-order valence-electron chi connectivity index (χ4n) is 4.10. The van der Waals surface area contributed by atoms with Gasteiger partial charge in [-0.1, -0.05) is 66.7 Å². The molecule has 0 N–H and O–H groups in total. The third-order valence-electron chi connectivity index (χ3n) is 5.48. The van der Waals surface area contributed by atoms with Crippen LogP contribution in [-0.4, -0.2) is 14.2 Å². The predicted molar refractivity (Wildman–Crippen MR) is 128 cm³/mol. The van der Waals surface area contributed by atoms with E-state index in [2.05, 4.69) is 97.1 Å². The fourth-order valence-corrected chi connectivity index (χ4v) is 8.35. The summed E-state index contributed by atoms with van der Waals surface area (Å²) in [5.41, 5.74) is 1.15. The first kappa shape index (κ1) is 23.1. The van der Waals surface area contributed by atoms with E-state index in [1.807, 2.05) is 12.1 Å². The third-order valence-corrected chi connectivity index (χ3v) is 9.84. The van der Waals surface area contributed by atoms with Crippen LogP contribution in [0.1, 0.15) is 5.56 Å². The molecule has 0 aliphatic rings. The molecule has 4 heteroatoms. The van der Waals surface area contributed by atoms with Gasteiger partial charge in [-0.15, -0.1) is 0 Å². The lowest BCUT2D eigenvalue weighted by Crippen LogP contribution is -3.00. The van der Waals surface area contributed by atoms with Crippen molar-refractivity contribution in [2.24, 2.45) is 0 Å². The van der Waals surface area contributed by atoms with Crippen LogP contribution in [0.25, 0.3) is 0 Å². The second kappa shape index (κ2) is 10.6. The highest BCUT2D eigenvalue weighted by Gasteiger charge is 2.46. The molecule has 31 heavy (non-hydrogen) atoms. The molecule has 158 valence electrons. The molecule has 4 rings (SSSR count). The van der Waals surface area contributed by atoms with E-state index < -0.39 is 7.26 Å². The highest BCUT2D eigenvalue weighted by Crippen LogP contribution is 2.59. The SMILES string of the molecule is COc1cccc(C[P+](c2ccccc2)(c2ccccc2)c2ccccc2)c1OC.[Br-]. The quantitative estimate of drug-likeness (QED) is 0.368. The van der Waals surface area contributed by atoms with E-state index in [1.165, 1.54) is 15.9 Å². The molecule has 0 saturated heterocycles. The van der Waals surface area contributed by atoms with Gasteiger partial charge in [0.2, 0.25) is 0 Å². The Balaban J connectivity index is 0.00000272. The summed E-state index contributed by atoms with van der Waals surface area (Å²) >= 11 is 0. The van der Waals surface area contributed by atoms with Crippen LogP contribution < -0.4 is 42.4 Å². The lowest BCUT2D eigenvalue weighted by Gasteiger charge is -2.28. The van der Waals surface area contributed by atoms with Crippen molar-refractivity contribution in [3.63, 3.8) is 0 Å². The standard InChI is InChI=1S/C27H26O2P.BrH/c1-28-26-20-12-13-22(27(26)29-2)21-30(23-14-6-3-7-15-23,24-16-8-4-9-17-24)25-18-10-5-11-19-25;/h3-20H,21H2,1-2H3;1H/q+1;/p-1. The largest absolute Gasteiger partial charge is 1.00 e. The lowest BCUT2D eigenvalue weighted by molar-refractivity contribution is -0.00000638. The van der Waals surface area contributed by atoms with Crippen molar-refractivity contribution in [2.75, 3.05) is 14.2 Å². The number of rotatable bonds is 7. The van der Waals surface area contributed by atoms with Gasteiger partial charge in [-0.05, 0) is 42.5 Å². The summed E-state index contributed by atoms with van der Waals surface area (Å²) in [4.78, 5) is 0. The summed E-state index contributed by atoms with van der Waals surface area (Å²) in [6, 6.07) is 38.8. The van der Waals surface area contributed by atoms with Crippen molar-refractivity contribution in [2.45, 2.75) is 6.16 Å². The number of para-hydroxylation sites is 1. The number of halogens is 1. The van der Waals surface area contributed by atoms with Gasteiger partial charge in [0.25, 0.3) is 0 Å². The Morgan fingerprint density at radius 2 is 1.00 bits per heavy atom. The van der Waals surface area contributed by atoms with Crippen LogP contribution in [-0.2, 0) is 6.16 Å². The summed E-state index contributed by atoms with van der Waals surface area (Å²) in [7, 11) is 1.43. The van der Waals surface area contributed by atoms with E-state index in [1.54, 1.807) is 14.2 Å². The molecule has 0 aliphatic heterocycles. The van der Waals surface area contributed by atoms with E-state index in [-0.39, 0.29) is 17.0 Å². The van der Waals surface area contributed by atoms with E-state index >= 15 is 0 Å². The van der Waals surface area contributed by atoms with Crippen molar-refractivity contribution in [1.82, 2.24) is 0 Å². The van der Waals surface area contributed by atoms with Gasteiger partial charge in [-0.3, -0.25) is 0 Å². The van der Waals surface area contributed by atoms with Crippen molar-refractivity contribution < 1.29 is 26.5 Å². The average molecular weight is 493 g/mol. The Hall–Kier alpha value is -2.61. The van der Waals surface area contributed by atoms with E-state index in [4.69, 9.17) is 9.47 Å². The maximum absolute atomic E-state index is 5.81. The minimum absolute atomic E-state index is 0. The monoisotopic (exact) mass is 492 g/mol. The highest BCUT2D eigenvalue weighted by atomic mass is 79.9. The van der Waals surface area contributed by atoms with Crippen LogP contribution in [0, 0.1) is 0 Å². The summed E-state index contributed by atoms with van der Waals surface area (Å²) in [6.07, 6.45) is 0.853. The molecule has 0 unspecified atom stereocenters. The normalized spacial score (nSPS) is 10.8. The van der Waals surface area contributed by atoms with Gasteiger partial charge in [0.1, 0.15) is 29.3 Å². The van der Waals surface area contributed by atoms with Crippen molar-refractivity contribution in [3.05, 3.63) is 115 Å². The zero-order chi connectivity index (χ0) is 20.8. The maximum atomic E-state index is 5.81. The minimum atomic E-state index is -1.98. The molecule has 0 fully saturated rings. The molecule has 2 nitrogen and oxygen atoms in total. The predicted octanol–water partition coefficient (Wildman–Crippen LogP) is 2.20. The summed E-state index contributed by atoms with van der Waals surface area (Å²) in [6.45, 7) is 0. The van der Waals surface area contributed by atoms with Gasteiger partial charge in [0.05, 0.1) is 14.2 Å². The number of ether oxygens (including phenoxy) is 2. The Morgan fingerprint density at radius 3 is 1.39 bits per heavy atom. The molecular weight excluding hydrogens is 467 g/mol. The third kappa shape index (κ3) is 4.54. The maximum Gasteiger partial charge on any atom is 0.167 e. The van der Waals surface area contributed by atoms with Crippen LogP contribution in [0.5, 0.6) is 11.5 Å². The first-order chi connectivity index (χ1) is 14.8. The highest BCUT2D eigenvalue weighted by molar-refractivity contribution is 7.95. The molecule has 0 bridgehead atoms. The molecule has 0 radical (unpaired) electrons. The van der Waals surface area contributed by atoms with Crippen molar-refractivity contribution in [3.8, 4) is 11.5 Å². The second-order valence-electron chi connectivity index (χ2n) is 7.13.